The SMILES string of the molecule is OC1CCCC1CNc1ccncc1Br. The molecular formula is C11H15BrN2O. The largest absolute Gasteiger partial charge is 0.393 e. The van der Waals surface area contributed by atoms with Crippen molar-refractivity contribution in [1.29, 1.82) is 0 Å². The van der Waals surface area contributed by atoms with Crippen LogP contribution in [0.25, 0.3) is 0 Å². The van der Waals surface area contributed by atoms with Gasteiger partial charge in [-0.25, -0.2) is 0 Å². The van der Waals surface area contributed by atoms with E-state index in [0.29, 0.717) is 5.92 Å². The Hall–Kier alpha value is -0.610. The number of rotatable bonds is 3. The lowest BCUT2D eigenvalue weighted by molar-refractivity contribution is 0.138. The minimum atomic E-state index is -0.127. The van der Waals surface area contributed by atoms with Crippen molar-refractivity contribution in [3.8, 4) is 0 Å². The summed E-state index contributed by atoms with van der Waals surface area (Å²) >= 11 is 3.43. The summed E-state index contributed by atoms with van der Waals surface area (Å²) in [6.45, 7) is 0.837. The lowest BCUT2D eigenvalue weighted by Crippen LogP contribution is -2.22. The van der Waals surface area contributed by atoms with Crippen molar-refractivity contribution in [3.05, 3.63) is 22.9 Å². The van der Waals surface area contributed by atoms with Crippen molar-refractivity contribution in [2.45, 2.75) is 25.4 Å². The summed E-state index contributed by atoms with van der Waals surface area (Å²) in [5.41, 5.74) is 1.05. The number of hydrogen-bond donors (Lipinski definition) is 2. The molecule has 2 unspecified atom stereocenters. The summed E-state index contributed by atoms with van der Waals surface area (Å²) in [6, 6.07) is 1.94. The van der Waals surface area contributed by atoms with Gasteiger partial charge in [-0.3, -0.25) is 4.98 Å². The lowest BCUT2D eigenvalue weighted by Gasteiger charge is -2.16. The number of aliphatic hydroxyl groups excluding tert-OH is 1. The number of nitrogens with one attached hydrogen (secondary N) is 1. The molecule has 0 radical (unpaired) electrons. The van der Waals surface area contributed by atoms with Gasteiger partial charge in [0.15, 0.2) is 0 Å². The fourth-order valence-corrected chi connectivity index (χ4v) is 2.41. The van der Waals surface area contributed by atoms with E-state index in [-0.39, 0.29) is 6.10 Å². The zero-order chi connectivity index (χ0) is 10.7. The second-order valence-electron chi connectivity index (χ2n) is 3.99. The maximum absolute atomic E-state index is 9.67. The fraction of sp³-hybridized carbons (Fsp3) is 0.545. The predicted molar refractivity (Wildman–Crippen MR) is 63.8 cm³/mol. The van der Waals surface area contributed by atoms with Crippen LogP contribution in [0.3, 0.4) is 0 Å². The highest BCUT2D eigenvalue weighted by molar-refractivity contribution is 9.10. The molecule has 2 atom stereocenters. The van der Waals surface area contributed by atoms with Crippen LogP contribution in [-0.4, -0.2) is 22.7 Å². The minimum Gasteiger partial charge on any atom is -0.393 e. The Bertz CT molecular complexity index is 332. The van der Waals surface area contributed by atoms with Crippen molar-refractivity contribution in [1.82, 2.24) is 4.98 Å². The van der Waals surface area contributed by atoms with Gasteiger partial charge < -0.3 is 10.4 Å². The average Bonchev–Trinajstić information content (AvgIpc) is 2.63. The third kappa shape index (κ3) is 2.69. The van der Waals surface area contributed by atoms with Crippen molar-refractivity contribution in [2.75, 3.05) is 11.9 Å². The Morgan fingerprint density at radius 3 is 3.07 bits per heavy atom. The molecular weight excluding hydrogens is 256 g/mol. The standard InChI is InChI=1S/C11H15BrN2O/c12-9-7-13-5-4-10(9)14-6-8-2-1-3-11(8)15/h4-5,7-8,11,15H,1-3,6H2,(H,13,14). The monoisotopic (exact) mass is 270 g/mol. The molecule has 1 aliphatic rings. The van der Waals surface area contributed by atoms with Crippen LogP contribution in [0, 0.1) is 5.92 Å². The molecule has 2 rings (SSSR count). The van der Waals surface area contributed by atoms with Crippen LogP contribution < -0.4 is 5.32 Å². The molecule has 1 fully saturated rings. The van der Waals surface area contributed by atoms with Crippen molar-refractivity contribution in [3.63, 3.8) is 0 Å². The molecule has 0 aromatic carbocycles. The van der Waals surface area contributed by atoms with E-state index in [1.165, 1.54) is 0 Å². The molecule has 82 valence electrons. The molecule has 0 amide bonds. The molecule has 1 aromatic rings. The van der Waals surface area contributed by atoms with Gasteiger partial charge in [-0.1, -0.05) is 6.42 Å². The van der Waals surface area contributed by atoms with E-state index in [0.717, 1.165) is 36.0 Å². The summed E-state index contributed by atoms with van der Waals surface area (Å²) in [4.78, 5) is 4.00. The average molecular weight is 271 g/mol. The van der Waals surface area contributed by atoms with E-state index < -0.39 is 0 Å². The van der Waals surface area contributed by atoms with Crippen LogP contribution in [-0.2, 0) is 0 Å². The Morgan fingerprint density at radius 1 is 1.53 bits per heavy atom. The van der Waals surface area contributed by atoms with Gasteiger partial charge in [-0.2, -0.15) is 0 Å². The number of aromatic nitrogens is 1. The van der Waals surface area contributed by atoms with Gasteiger partial charge in [0, 0.05) is 24.9 Å². The van der Waals surface area contributed by atoms with Gasteiger partial charge in [0.05, 0.1) is 16.3 Å². The normalized spacial score (nSPS) is 25.5. The number of anilines is 1. The Balaban J connectivity index is 1.90. The summed E-state index contributed by atoms with van der Waals surface area (Å²) in [5, 5.41) is 13.0. The van der Waals surface area contributed by atoms with E-state index in [1.807, 2.05) is 6.07 Å². The molecule has 2 N–H and O–H groups in total. The second kappa shape index (κ2) is 4.94. The number of aliphatic hydroxyl groups is 1. The molecule has 1 aliphatic carbocycles. The lowest BCUT2D eigenvalue weighted by atomic mass is 10.1. The summed E-state index contributed by atoms with van der Waals surface area (Å²) < 4.78 is 0.970. The van der Waals surface area contributed by atoms with E-state index in [1.54, 1.807) is 12.4 Å². The summed E-state index contributed by atoms with van der Waals surface area (Å²) in [7, 11) is 0. The van der Waals surface area contributed by atoms with Gasteiger partial charge in [0.1, 0.15) is 0 Å². The molecule has 1 saturated carbocycles. The highest BCUT2D eigenvalue weighted by Crippen LogP contribution is 2.27. The minimum absolute atomic E-state index is 0.127. The Labute approximate surface area is 98.0 Å². The van der Waals surface area contributed by atoms with Gasteiger partial charge in [0.25, 0.3) is 0 Å². The molecule has 0 saturated heterocycles. The van der Waals surface area contributed by atoms with Gasteiger partial charge >= 0.3 is 0 Å². The molecule has 0 bridgehead atoms. The van der Waals surface area contributed by atoms with Crippen LogP contribution in [0.15, 0.2) is 22.9 Å². The van der Waals surface area contributed by atoms with Crippen LogP contribution in [0.1, 0.15) is 19.3 Å². The molecule has 15 heavy (non-hydrogen) atoms. The van der Waals surface area contributed by atoms with Crippen LogP contribution in [0.5, 0.6) is 0 Å². The highest BCUT2D eigenvalue weighted by atomic mass is 79.9. The Kier molecular flexibility index (Phi) is 3.59. The van der Waals surface area contributed by atoms with Gasteiger partial charge in [-0.05, 0) is 34.8 Å². The third-order valence-corrected chi connectivity index (χ3v) is 3.58. The van der Waals surface area contributed by atoms with E-state index in [9.17, 15) is 5.11 Å². The molecule has 0 aliphatic heterocycles. The van der Waals surface area contributed by atoms with E-state index >= 15 is 0 Å². The predicted octanol–water partition coefficient (Wildman–Crippen LogP) is 2.42. The van der Waals surface area contributed by atoms with Gasteiger partial charge in [0.2, 0.25) is 0 Å². The summed E-state index contributed by atoms with van der Waals surface area (Å²) in [5.74, 6) is 0.394. The topological polar surface area (TPSA) is 45.1 Å². The van der Waals surface area contributed by atoms with Gasteiger partial charge in [-0.15, -0.1) is 0 Å². The first-order valence-corrected chi connectivity index (χ1v) is 6.08. The number of pyridine rings is 1. The smallest absolute Gasteiger partial charge is 0.0590 e. The van der Waals surface area contributed by atoms with E-state index in [2.05, 4.69) is 26.2 Å². The molecule has 3 nitrogen and oxygen atoms in total. The summed E-state index contributed by atoms with van der Waals surface area (Å²) in [6.07, 6.45) is 6.62. The van der Waals surface area contributed by atoms with Crippen LogP contribution >= 0.6 is 15.9 Å². The molecule has 0 spiro atoms. The number of halogens is 1. The first-order valence-electron chi connectivity index (χ1n) is 5.29. The van der Waals surface area contributed by atoms with E-state index in [4.69, 9.17) is 0 Å². The fourth-order valence-electron chi connectivity index (χ4n) is 2.01. The third-order valence-electron chi connectivity index (χ3n) is 2.95. The zero-order valence-electron chi connectivity index (χ0n) is 8.49. The number of hydrogen-bond acceptors (Lipinski definition) is 3. The Morgan fingerprint density at radius 2 is 2.40 bits per heavy atom. The van der Waals surface area contributed by atoms with Crippen molar-refractivity contribution < 1.29 is 5.11 Å². The first-order chi connectivity index (χ1) is 7.27. The van der Waals surface area contributed by atoms with Crippen LogP contribution in [0.4, 0.5) is 5.69 Å². The molecule has 1 heterocycles. The zero-order valence-corrected chi connectivity index (χ0v) is 10.1. The quantitative estimate of drug-likeness (QED) is 0.887. The maximum atomic E-state index is 9.67. The second-order valence-corrected chi connectivity index (χ2v) is 4.85. The highest BCUT2D eigenvalue weighted by Gasteiger charge is 2.24. The molecule has 1 aromatic heterocycles. The maximum Gasteiger partial charge on any atom is 0.0590 e. The first kappa shape index (κ1) is 10.9. The van der Waals surface area contributed by atoms with Crippen molar-refractivity contribution >= 4 is 21.6 Å². The van der Waals surface area contributed by atoms with Crippen molar-refractivity contribution in [2.24, 2.45) is 5.92 Å². The number of nitrogens with zero attached hydrogens (tertiary/aromatic N) is 1. The van der Waals surface area contributed by atoms with Crippen LogP contribution in [0.2, 0.25) is 0 Å². The molecule has 4 heteroatoms.